The number of rotatable bonds is 11. The van der Waals surface area contributed by atoms with Gasteiger partial charge in [0.1, 0.15) is 0 Å². The van der Waals surface area contributed by atoms with Gasteiger partial charge in [-0.3, -0.25) is 0 Å². The summed E-state index contributed by atoms with van der Waals surface area (Å²) in [5.41, 5.74) is 0.484. The van der Waals surface area contributed by atoms with E-state index in [1.54, 1.807) is 7.11 Å². The van der Waals surface area contributed by atoms with Crippen LogP contribution in [0.15, 0.2) is 0 Å². The van der Waals surface area contributed by atoms with Gasteiger partial charge in [-0.05, 0) is 18.3 Å². The van der Waals surface area contributed by atoms with Gasteiger partial charge >= 0.3 is 0 Å². The normalized spacial score (nSPS) is 15.0. The molecule has 0 heterocycles. The number of hydrogen-bond donors (Lipinski definition) is 1. The minimum atomic E-state index is 0.484. The molecule has 0 rings (SSSR count). The van der Waals surface area contributed by atoms with Crippen LogP contribution in [0.3, 0.4) is 0 Å². The van der Waals surface area contributed by atoms with Crippen molar-refractivity contribution in [2.24, 2.45) is 5.41 Å². The predicted octanol–water partition coefficient (Wildman–Crippen LogP) is 3.61. The molecule has 16 heavy (non-hydrogen) atoms. The van der Waals surface area contributed by atoms with E-state index in [1.165, 1.54) is 38.5 Å². The molecule has 0 aromatic carbocycles. The average molecular weight is 229 g/mol. The molecule has 1 unspecified atom stereocenters. The fraction of sp³-hybridized carbons (Fsp3) is 1.00. The molecule has 0 aromatic heterocycles. The number of ether oxygens (including phenoxy) is 1. The predicted molar refractivity (Wildman–Crippen MR) is 71.9 cm³/mol. The lowest BCUT2D eigenvalue weighted by molar-refractivity contribution is 0.186. The highest BCUT2D eigenvalue weighted by molar-refractivity contribution is 4.76. The van der Waals surface area contributed by atoms with Crippen LogP contribution in [0.2, 0.25) is 0 Å². The summed E-state index contributed by atoms with van der Waals surface area (Å²) < 4.78 is 5.05. The lowest BCUT2D eigenvalue weighted by Crippen LogP contribution is -2.33. The van der Waals surface area contributed by atoms with Gasteiger partial charge in [-0.2, -0.15) is 0 Å². The molecule has 0 aromatic rings. The van der Waals surface area contributed by atoms with Crippen molar-refractivity contribution in [3.05, 3.63) is 0 Å². The van der Waals surface area contributed by atoms with Crippen LogP contribution < -0.4 is 5.32 Å². The highest BCUT2D eigenvalue weighted by Gasteiger charge is 2.21. The van der Waals surface area contributed by atoms with Gasteiger partial charge in [-0.15, -0.1) is 0 Å². The highest BCUT2D eigenvalue weighted by atomic mass is 16.5. The van der Waals surface area contributed by atoms with Crippen LogP contribution >= 0.6 is 0 Å². The van der Waals surface area contributed by atoms with Crippen LogP contribution in [0.1, 0.15) is 59.3 Å². The SMILES string of the molecule is CCCCCC(C)(CCC)CNCCOC. The molecule has 0 aliphatic rings. The second-order valence-electron chi connectivity index (χ2n) is 5.19. The van der Waals surface area contributed by atoms with E-state index in [0.717, 1.165) is 19.7 Å². The molecule has 0 aliphatic carbocycles. The topological polar surface area (TPSA) is 21.3 Å². The summed E-state index contributed by atoms with van der Waals surface area (Å²) in [7, 11) is 1.76. The van der Waals surface area contributed by atoms with E-state index in [2.05, 4.69) is 26.1 Å². The first kappa shape index (κ1) is 15.9. The Labute approximate surface area is 102 Å². The van der Waals surface area contributed by atoms with E-state index in [0.29, 0.717) is 5.41 Å². The summed E-state index contributed by atoms with van der Waals surface area (Å²) >= 11 is 0. The van der Waals surface area contributed by atoms with Crippen molar-refractivity contribution in [2.75, 3.05) is 26.8 Å². The Bertz CT molecular complexity index is 150. The third-order valence-electron chi connectivity index (χ3n) is 3.27. The quantitative estimate of drug-likeness (QED) is 0.546. The lowest BCUT2D eigenvalue weighted by Gasteiger charge is -2.30. The van der Waals surface area contributed by atoms with Crippen molar-refractivity contribution in [1.82, 2.24) is 5.32 Å². The Kier molecular flexibility index (Phi) is 10.0. The maximum absolute atomic E-state index is 5.05. The monoisotopic (exact) mass is 229 g/mol. The summed E-state index contributed by atoms with van der Waals surface area (Å²) in [4.78, 5) is 0. The fourth-order valence-corrected chi connectivity index (χ4v) is 2.27. The summed E-state index contributed by atoms with van der Waals surface area (Å²) in [6.07, 6.45) is 8.04. The number of unbranched alkanes of at least 4 members (excludes halogenated alkanes) is 2. The van der Waals surface area contributed by atoms with Crippen LogP contribution in [0.5, 0.6) is 0 Å². The van der Waals surface area contributed by atoms with Crippen molar-refractivity contribution in [2.45, 2.75) is 59.3 Å². The zero-order valence-corrected chi connectivity index (χ0v) is 11.8. The van der Waals surface area contributed by atoms with E-state index in [1.807, 2.05) is 0 Å². The summed E-state index contributed by atoms with van der Waals surface area (Å²) in [5, 5.41) is 3.51. The molecule has 0 saturated carbocycles. The first-order valence-electron chi connectivity index (χ1n) is 6.88. The second kappa shape index (κ2) is 10.1. The van der Waals surface area contributed by atoms with Gasteiger partial charge in [0.2, 0.25) is 0 Å². The van der Waals surface area contributed by atoms with Gasteiger partial charge < -0.3 is 10.1 Å². The maximum atomic E-state index is 5.05. The van der Waals surface area contributed by atoms with E-state index >= 15 is 0 Å². The largest absolute Gasteiger partial charge is 0.383 e. The second-order valence-corrected chi connectivity index (χ2v) is 5.19. The summed E-state index contributed by atoms with van der Waals surface area (Å²) in [5.74, 6) is 0. The van der Waals surface area contributed by atoms with Crippen molar-refractivity contribution < 1.29 is 4.74 Å². The third-order valence-corrected chi connectivity index (χ3v) is 3.27. The lowest BCUT2D eigenvalue weighted by atomic mass is 9.80. The Morgan fingerprint density at radius 1 is 1.06 bits per heavy atom. The number of methoxy groups -OCH3 is 1. The van der Waals surface area contributed by atoms with Crippen LogP contribution in [0.4, 0.5) is 0 Å². The standard InChI is InChI=1S/C14H31NO/c1-5-7-8-10-14(3,9-6-2)13-15-11-12-16-4/h15H,5-13H2,1-4H3. The molecule has 0 bridgehead atoms. The molecule has 1 atom stereocenters. The zero-order valence-electron chi connectivity index (χ0n) is 11.8. The van der Waals surface area contributed by atoms with Gasteiger partial charge in [0.05, 0.1) is 6.61 Å². The molecule has 0 amide bonds. The summed E-state index contributed by atoms with van der Waals surface area (Å²) in [6.45, 7) is 9.90. The van der Waals surface area contributed by atoms with Crippen LogP contribution in [0, 0.1) is 5.41 Å². The first-order chi connectivity index (χ1) is 7.68. The highest BCUT2D eigenvalue weighted by Crippen LogP contribution is 2.29. The first-order valence-corrected chi connectivity index (χ1v) is 6.88. The molecule has 0 aliphatic heterocycles. The molecule has 0 spiro atoms. The van der Waals surface area contributed by atoms with Gasteiger partial charge in [0.25, 0.3) is 0 Å². The fourth-order valence-electron chi connectivity index (χ4n) is 2.27. The Balaban J connectivity index is 3.81. The smallest absolute Gasteiger partial charge is 0.0587 e. The molecule has 0 radical (unpaired) electrons. The number of hydrogen-bond acceptors (Lipinski definition) is 2. The molecule has 2 heteroatoms. The molecule has 0 saturated heterocycles. The van der Waals surface area contributed by atoms with Crippen LogP contribution in [0.25, 0.3) is 0 Å². The minimum Gasteiger partial charge on any atom is -0.383 e. The molecule has 98 valence electrons. The molecular weight excluding hydrogens is 198 g/mol. The third kappa shape index (κ3) is 8.12. The van der Waals surface area contributed by atoms with E-state index in [9.17, 15) is 0 Å². The molecule has 0 fully saturated rings. The van der Waals surface area contributed by atoms with Crippen molar-refractivity contribution in [3.63, 3.8) is 0 Å². The van der Waals surface area contributed by atoms with E-state index < -0.39 is 0 Å². The molecule has 2 nitrogen and oxygen atoms in total. The van der Waals surface area contributed by atoms with Crippen LogP contribution in [-0.4, -0.2) is 26.8 Å². The summed E-state index contributed by atoms with van der Waals surface area (Å²) in [6, 6.07) is 0. The van der Waals surface area contributed by atoms with Crippen molar-refractivity contribution >= 4 is 0 Å². The molecular formula is C14H31NO. The van der Waals surface area contributed by atoms with Crippen molar-refractivity contribution in [1.29, 1.82) is 0 Å². The van der Waals surface area contributed by atoms with Gasteiger partial charge in [-0.25, -0.2) is 0 Å². The van der Waals surface area contributed by atoms with E-state index in [-0.39, 0.29) is 0 Å². The van der Waals surface area contributed by atoms with E-state index in [4.69, 9.17) is 4.74 Å². The Morgan fingerprint density at radius 2 is 1.81 bits per heavy atom. The Morgan fingerprint density at radius 3 is 2.38 bits per heavy atom. The maximum Gasteiger partial charge on any atom is 0.0587 e. The minimum absolute atomic E-state index is 0.484. The van der Waals surface area contributed by atoms with Crippen molar-refractivity contribution in [3.8, 4) is 0 Å². The van der Waals surface area contributed by atoms with Crippen LogP contribution in [-0.2, 0) is 4.74 Å². The van der Waals surface area contributed by atoms with Gasteiger partial charge in [0.15, 0.2) is 0 Å². The molecule has 1 N–H and O–H groups in total. The zero-order chi connectivity index (χ0) is 12.3. The number of nitrogens with one attached hydrogen (secondary N) is 1. The van der Waals surface area contributed by atoms with Gasteiger partial charge in [-0.1, -0.05) is 46.5 Å². The van der Waals surface area contributed by atoms with Gasteiger partial charge in [0, 0.05) is 20.2 Å². The Hall–Kier alpha value is -0.0800. The average Bonchev–Trinajstić information content (AvgIpc) is 2.25.